The second kappa shape index (κ2) is 5.09. The molecule has 0 saturated heterocycles. The molecule has 0 atom stereocenters. The molecule has 0 aliphatic rings. The van der Waals surface area contributed by atoms with Gasteiger partial charge in [-0.15, -0.1) is 0 Å². The van der Waals surface area contributed by atoms with Crippen molar-refractivity contribution in [1.82, 2.24) is 15.6 Å². The van der Waals surface area contributed by atoms with Gasteiger partial charge in [0.25, 0.3) is 0 Å². The van der Waals surface area contributed by atoms with Gasteiger partial charge in [-0.05, 0) is 11.3 Å². The van der Waals surface area contributed by atoms with Gasteiger partial charge in [-0.1, -0.05) is 6.58 Å². The molecule has 1 aromatic heterocycles. The Bertz CT molecular complexity index is 443. The minimum Gasteiger partial charge on any atom is -0.388 e. The minimum absolute atomic E-state index is 0.417. The van der Waals surface area contributed by atoms with Crippen LogP contribution in [0.2, 0.25) is 0 Å². The lowest BCUT2D eigenvalue weighted by Gasteiger charge is -2.08. The monoisotopic (exact) mass is 207 g/mol. The number of rotatable bonds is 3. The van der Waals surface area contributed by atoms with E-state index in [-0.39, 0.29) is 0 Å². The van der Waals surface area contributed by atoms with Gasteiger partial charge in [0, 0.05) is 20.3 Å². The number of H-pyrrole nitrogens is 1. The maximum absolute atomic E-state index is 5.54. The summed E-state index contributed by atoms with van der Waals surface area (Å²) in [5, 5.41) is 8.01. The zero-order valence-corrected chi connectivity index (χ0v) is 9.09. The normalized spacial score (nSPS) is 13.6. The van der Waals surface area contributed by atoms with Crippen molar-refractivity contribution in [3.63, 3.8) is 0 Å². The zero-order valence-electron chi connectivity index (χ0n) is 9.09. The second-order valence-corrected chi connectivity index (χ2v) is 3.07. The number of nitrogens with one attached hydrogen (secondary N) is 3. The molecule has 1 aromatic rings. The Hall–Kier alpha value is -1.91. The van der Waals surface area contributed by atoms with Crippen molar-refractivity contribution in [3.05, 3.63) is 22.8 Å². The lowest BCUT2D eigenvalue weighted by Crippen LogP contribution is -2.39. The van der Waals surface area contributed by atoms with Gasteiger partial charge in [-0.25, -0.2) is 0 Å². The van der Waals surface area contributed by atoms with E-state index in [0.717, 1.165) is 16.3 Å². The van der Waals surface area contributed by atoms with Gasteiger partial charge in [0.05, 0.1) is 17.6 Å². The number of likely N-dealkylation sites (N-methyl/N-ethyl adjacent to an activating group) is 1. The highest BCUT2D eigenvalue weighted by Gasteiger charge is 1.98. The number of hydrogen-bond donors (Lipinski definition) is 4. The van der Waals surface area contributed by atoms with Gasteiger partial charge in [0.15, 0.2) is 5.96 Å². The van der Waals surface area contributed by atoms with Crippen LogP contribution in [0.4, 0.5) is 0 Å². The maximum atomic E-state index is 5.54. The van der Waals surface area contributed by atoms with Crippen molar-refractivity contribution >= 4 is 18.2 Å². The van der Waals surface area contributed by atoms with E-state index in [1.807, 2.05) is 19.3 Å². The first-order valence-corrected chi connectivity index (χ1v) is 4.68. The van der Waals surface area contributed by atoms with Crippen LogP contribution >= 0.6 is 0 Å². The molecule has 0 aliphatic carbocycles. The van der Waals surface area contributed by atoms with Crippen LogP contribution < -0.4 is 26.9 Å². The van der Waals surface area contributed by atoms with E-state index < -0.39 is 0 Å². The van der Waals surface area contributed by atoms with Crippen molar-refractivity contribution in [3.8, 4) is 0 Å². The molecule has 0 fully saturated rings. The molecule has 0 saturated carbocycles. The summed E-state index contributed by atoms with van der Waals surface area (Å²) in [6.07, 6.45) is 1.85. The molecule has 5 heteroatoms. The highest BCUT2D eigenvalue weighted by molar-refractivity contribution is 5.78. The molecule has 0 bridgehead atoms. The lowest BCUT2D eigenvalue weighted by molar-refractivity contribution is 0.939. The van der Waals surface area contributed by atoms with Crippen molar-refractivity contribution < 1.29 is 0 Å². The summed E-state index contributed by atoms with van der Waals surface area (Å²) in [7, 11) is 3.50. The third-order valence-electron chi connectivity index (χ3n) is 2.12. The summed E-state index contributed by atoms with van der Waals surface area (Å²) in [6.45, 7) is 4.50. The number of aromatic nitrogens is 1. The van der Waals surface area contributed by atoms with E-state index >= 15 is 0 Å². The smallest absolute Gasteiger partial charge is 0.188 e. The average Bonchev–Trinajstić information content (AvgIpc) is 2.65. The molecule has 1 heterocycles. The van der Waals surface area contributed by atoms with Crippen LogP contribution in [0.5, 0.6) is 0 Å². The Morgan fingerprint density at radius 3 is 2.87 bits per heavy atom. The zero-order chi connectivity index (χ0) is 11.3. The number of guanidine groups is 1. The van der Waals surface area contributed by atoms with E-state index in [0.29, 0.717) is 12.5 Å². The van der Waals surface area contributed by atoms with Gasteiger partial charge in [-0.3, -0.25) is 4.99 Å². The number of aliphatic imine (C=N–C) groups is 1. The van der Waals surface area contributed by atoms with Gasteiger partial charge in [0.2, 0.25) is 0 Å². The molecule has 0 aliphatic heterocycles. The Balaban J connectivity index is 2.91. The fraction of sp³-hybridized carbons (Fsp3) is 0.300. The van der Waals surface area contributed by atoms with Crippen LogP contribution in [-0.2, 0) is 0 Å². The van der Waals surface area contributed by atoms with Crippen molar-refractivity contribution in [2.24, 2.45) is 10.7 Å². The molecule has 15 heavy (non-hydrogen) atoms. The first kappa shape index (κ1) is 11.2. The second-order valence-electron chi connectivity index (χ2n) is 3.07. The summed E-state index contributed by atoms with van der Waals surface area (Å²) >= 11 is 0. The predicted octanol–water partition coefficient (Wildman–Crippen LogP) is -1.71. The Morgan fingerprint density at radius 2 is 2.40 bits per heavy atom. The van der Waals surface area contributed by atoms with Crippen LogP contribution in [0.25, 0.3) is 12.3 Å². The fourth-order valence-electron chi connectivity index (χ4n) is 1.24. The van der Waals surface area contributed by atoms with Crippen molar-refractivity contribution in [2.45, 2.75) is 0 Å². The third kappa shape index (κ3) is 2.77. The van der Waals surface area contributed by atoms with Gasteiger partial charge >= 0.3 is 0 Å². The molecule has 0 radical (unpaired) electrons. The van der Waals surface area contributed by atoms with Crippen molar-refractivity contribution in [1.29, 1.82) is 0 Å². The SMILES string of the molecule is C=c1cc[nH]/c1=C(/CNC(N)=NC)NC. The maximum Gasteiger partial charge on any atom is 0.188 e. The number of aromatic amines is 1. The number of nitrogens with two attached hydrogens (primary N) is 1. The Kier molecular flexibility index (Phi) is 3.79. The first-order chi connectivity index (χ1) is 7.19. The van der Waals surface area contributed by atoms with Crippen LogP contribution in [0, 0.1) is 0 Å². The fourth-order valence-corrected chi connectivity index (χ4v) is 1.24. The highest BCUT2D eigenvalue weighted by atomic mass is 15.1. The van der Waals surface area contributed by atoms with Crippen LogP contribution in [-0.4, -0.2) is 31.6 Å². The molecular formula is C10H17N5. The molecular weight excluding hydrogens is 190 g/mol. The molecule has 5 nitrogen and oxygen atoms in total. The largest absolute Gasteiger partial charge is 0.388 e. The molecule has 0 aromatic carbocycles. The Morgan fingerprint density at radius 1 is 1.67 bits per heavy atom. The highest BCUT2D eigenvalue weighted by Crippen LogP contribution is 1.79. The average molecular weight is 207 g/mol. The molecule has 1 rings (SSSR count). The summed E-state index contributed by atoms with van der Waals surface area (Å²) in [5.74, 6) is 0.417. The topological polar surface area (TPSA) is 78.2 Å². The van der Waals surface area contributed by atoms with E-state index in [9.17, 15) is 0 Å². The van der Waals surface area contributed by atoms with Crippen LogP contribution in [0.15, 0.2) is 17.3 Å². The molecule has 0 spiro atoms. The molecule has 5 N–H and O–H groups in total. The lowest BCUT2D eigenvalue weighted by atomic mass is 10.3. The Labute approximate surface area is 88.8 Å². The molecule has 0 amide bonds. The summed E-state index contributed by atoms with van der Waals surface area (Å²) in [5.41, 5.74) is 6.54. The van der Waals surface area contributed by atoms with Crippen molar-refractivity contribution in [2.75, 3.05) is 20.6 Å². The van der Waals surface area contributed by atoms with E-state index in [2.05, 4.69) is 27.2 Å². The minimum atomic E-state index is 0.417. The van der Waals surface area contributed by atoms with E-state index in [1.54, 1.807) is 7.05 Å². The van der Waals surface area contributed by atoms with E-state index in [1.165, 1.54) is 0 Å². The molecule has 0 unspecified atom stereocenters. The predicted molar refractivity (Wildman–Crippen MR) is 63.6 cm³/mol. The van der Waals surface area contributed by atoms with E-state index in [4.69, 9.17) is 5.73 Å². The summed E-state index contributed by atoms with van der Waals surface area (Å²) < 4.78 is 0. The number of hydrogen-bond acceptors (Lipinski definition) is 2. The van der Waals surface area contributed by atoms with Crippen LogP contribution in [0.3, 0.4) is 0 Å². The van der Waals surface area contributed by atoms with Gasteiger partial charge in [-0.2, -0.15) is 0 Å². The molecule has 82 valence electrons. The van der Waals surface area contributed by atoms with Gasteiger partial charge < -0.3 is 21.4 Å². The summed E-state index contributed by atoms with van der Waals surface area (Å²) in [4.78, 5) is 6.93. The summed E-state index contributed by atoms with van der Waals surface area (Å²) in [6, 6.07) is 1.92. The van der Waals surface area contributed by atoms with Gasteiger partial charge in [0.1, 0.15) is 0 Å². The standard InChI is InChI=1S/C10H17N5/c1-7-4-5-14-9(7)8(12-2)6-15-10(11)13-3/h4-5,12,14H,1,6H2,2-3H3,(H3,11,13,15)/b9-8-. The number of nitrogens with zero attached hydrogens (tertiary/aromatic N) is 1. The first-order valence-electron chi connectivity index (χ1n) is 4.68. The third-order valence-corrected chi connectivity index (χ3v) is 2.12. The van der Waals surface area contributed by atoms with Crippen LogP contribution in [0.1, 0.15) is 0 Å². The quantitative estimate of drug-likeness (QED) is 0.352.